The van der Waals surface area contributed by atoms with Crippen LogP contribution in [-0.2, 0) is 13.1 Å². The van der Waals surface area contributed by atoms with Crippen molar-refractivity contribution in [1.82, 2.24) is 14.3 Å². The van der Waals surface area contributed by atoms with E-state index in [1.807, 2.05) is 40.6 Å². The molecule has 2 aliphatic rings. The summed E-state index contributed by atoms with van der Waals surface area (Å²) in [6.07, 6.45) is 4.11. The largest absolute Gasteiger partial charge is 0.494 e. The zero-order valence-corrected chi connectivity index (χ0v) is 22.7. The fourth-order valence-corrected chi connectivity index (χ4v) is 5.42. The van der Waals surface area contributed by atoms with E-state index in [0.29, 0.717) is 39.0 Å². The normalized spacial score (nSPS) is 16.3. The number of nitrogens with zero attached hydrogens (tertiary/aromatic N) is 3. The molecule has 0 saturated carbocycles. The lowest BCUT2D eigenvalue weighted by atomic mass is 9.99. The number of rotatable bonds is 10. The molecule has 1 saturated heterocycles. The van der Waals surface area contributed by atoms with Gasteiger partial charge in [-0.25, -0.2) is 0 Å². The highest BCUT2D eigenvalue weighted by Gasteiger charge is 2.23. The average molecular weight is 515 g/mol. The summed E-state index contributed by atoms with van der Waals surface area (Å²) in [6.45, 7) is 10.1. The van der Waals surface area contributed by atoms with Gasteiger partial charge in [-0.2, -0.15) is 0 Å². The van der Waals surface area contributed by atoms with Crippen LogP contribution in [0.25, 0.3) is 10.9 Å². The zero-order valence-electron chi connectivity index (χ0n) is 22.7. The minimum Gasteiger partial charge on any atom is -0.494 e. The van der Waals surface area contributed by atoms with E-state index in [1.165, 1.54) is 0 Å². The number of piperidine rings is 1. The molecule has 0 spiro atoms. The van der Waals surface area contributed by atoms with Crippen LogP contribution < -0.4 is 19.8 Å². The average Bonchev–Trinajstić information content (AvgIpc) is 2.93. The van der Waals surface area contributed by atoms with Crippen molar-refractivity contribution in [1.29, 1.82) is 0 Å². The topological polar surface area (TPSA) is 56.2 Å². The maximum absolute atomic E-state index is 13.0. The summed E-state index contributed by atoms with van der Waals surface area (Å²) in [5.74, 6) is 2.43. The monoisotopic (exact) mass is 515 g/mol. The standard InChI is InChI=1S/C30H38BN3O4/c1-3-4-15-36-25-6-7-26-22(2)18-30(35)33(27(26)20-25)14-13-32-11-9-24(10-12-32)34(31)21-23-5-8-28-29(19-23)38-17-16-37-28/h5-8,18-20,24H,3-4,9-17,21H2,1-2H3. The Morgan fingerprint density at radius 3 is 2.61 bits per heavy atom. The van der Waals surface area contributed by atoms with E-state index in [2.05, 4.69) is 24.0 Å². The van der Waals surface area contributed by atoms with Crippen LogP contribution in [0.3, 0.4) is 0 Å². The van der Waals surface area contributed by atoms with Crippen molar-refractivity contribution < 1.29 is 14.2 Å². The molecule has 2 radical (unpaired) electrons. The third-order valence-corrected chi connectivity index (χ3v) is 7.70. The first-order valence-corrected chi connectivity index (χ1v) is 13.9. The summed E-state index contributed by atoms with van der Waals surface area (Å²) in [5.41, 5.74) is 3.13. The molecule has 5 rings (SSSR count). The molecule has 1 aromatic heterocycles. The molecule has 0 aliphatic carbocycles. The van der Waals surface area contributed by atoms with Gasteiger partial charge in [0.1, 0.15) is 19.0 Å². The van der Waals surface area contributed by atoms with Gasteiger partial charge in [0.25, 0.3) is 5.56 Å². The fourth-order valence-electron chi connectivity index (χ4n) is 5.42. The van der Waals surface area contributed by atoms with Crippen LogP contribution >= 0.6 is 0 Å². The van der Waals surface area contributed by atoms with E-state index >= 15 is 0 Å². The minimum absolute atomic E-state index is 0.0446. The summed E-state index contributed by atoms with van der Waals surface area (Å²) in [6, 6.07) is 14.2. The number of ether oxygens (including phenoxy) is 3. The van der Waals surface area contributed by atoms with E-state index in [-0.39, 0.29) is 5.56 Å². The SMILES string of the molecule is [B]N(Cc1ccc2c(c1)OCCO2)C1CCN(CCn2c(=O)cc(C)c3ccc(OCCCC)cc32)CC1. The predicted octanol–water partition coefficient (Wildman–Crippen LogP) is 4.31. The molecule has 1 fully saturated rings. The van der Waals surface area contributed by atoms with Crippen LogP contribution in [0.1, 0.15) is 43.7 Å². The molecule has 0 bridgehead atoms. The number of likely N-dealkylation sites (tertiary alicyclic amines) is 1. The molecular formula is C30H38BN3O4. The number of aryl methyl sites for hydroxylation is 1. The summed E-state index contributed by atoms with van der Waals surface area (Å²) in [4.78, 5) is 17.4. The second-order valence-electron chi connectivity index (χ2n) is 10.4. The van der Waals surface area contributed by atoms with E-state index in [0.717, 1.165) is 84.6 Å². The Bertz CT molecular complexity index is 1300. The lowest BCUT2D eigenvalue weighted by molar-refractivity contribution is 0.153. The van der Waals surface area contributed by atoms with Crippen molar-refractivity contribution in [3.63, 3.8) is 0 Å². The number of fused-ring (bicyclic) bond motifs is 2. The number of hydrogen-bond acceptors (Lipinski definition) is 6. The molecule has 38 heavy (non-hydrogen) atoms. The predicted molar refractivity (Wildman–Crippen MR) is 152 cm³/mol. The molecule has 2 aromatic carbocycles. The van der Waals surface area contributed by atoms with Crippen LogP contribution in [0.15, 0.2) is 47.3 Å². The Kier molecular flexibility index (Phi) is 8.60. The van der Waals surface area contributed by atoms with Crippen LogP contribution in [-0.4, -0.2) is 67.8 Å². The summed E-state index contributed by atoms with van der Waals surface area (Å²) >= 11 is 0. The first-order valence-electron chi connectivity index (χ1n) is 13.9. The fraction of sp³-hybridized carbons (Fsp3) is 0.500. The quantitative estimate of drug-likeness (QED) is 0.296. The van der Waals surface area contributed by atoms with Gasteiger partial charge in [-0.15, -0.1) is 0 Å². The van der Waals surface area contributed by atoms with Crippen molar-refractivity contribution in [3.8, 4) is 17.2 Å². The van der Waals surface area contributed by atoms with Gasteiger partial charge in [0.2, 0.25) is 0 Å². The number of benzene rings is 2. The third-order valence-electron chi connectivity index (χ3n) is 7.70. The summed E-state index contributed by atoms with van der Waals surface area (Å²) in [7, 11) is 6.51. The maximum atomic E-state index is 13.0. The Balaban J connectivity index is 1.17. The van der Waals surface area contributed by atoms with E-state index in [9.17, 15) is 4.79 Å². The van der Waals surface area contributed by atoms with Crippen LogP contribution in [0, 0.1) is 6.92 Å². The Morgan fingerprint density at radius 2 is 1.82 bits per heavy atom. The second kappa shape index (κ2) is 12.3. The number of hydrogen-bond donors (Lipinski definition) is 0. The lowest BCUT2D eigenvalue weighted by Crippen LogP contribution is -2.44. The minimum atomic E-state index is 0.0446. The molecule has 7 nitrogen and oxygen atoms in total. The molecule has 3 heterocycles. The van der Waals surface area contributed by atoms with Gasteiger partial charge >= 0.3 is 0 Å². The maximum Gasteiger partial charge on any atom is 0.251 e. The highest BCUT2D eigenvalue weighted by atomic mass is 16.6. The van der Waals surface area contributed by atoms with E-state index < -0.39 is 0 Å². The van der Waals surface area contributed by atoms with Gasteiger partial charge in [-0.1, -0.05) is 19.4 Å². The Labute approximate surface area is 226 Å². The molecule has 0 amide bonds. The molecule has 0 atom stereocenters. The lowest BCUT2D eigenvalue weighted by Gasteiger charge is -2.37. The molecule has 200 valence electrons. The van der Waals surface area contributed by atoms with Crippen molar-refractivity contribution in [3.05, 3.63) is 63.9 Å². The Morgan fingerprint density at radius 1 is 1.03 bits per heavy atom. The van der Waals surface area contributed by atoms with E-state index in [1.54, 1.807) is 6.07 Å². The first-order chi connectivity index (χ1) is 18.5. The van der Waals surface area contributed by atoms with Gasteiger partial charge in [-0.3, -0.25) is 4.79 Å². The summed E-state index contributed by atoms with van der Waals surface area (Å²) < 4.78 is 19.2. The van der Waals surface area contributed by atoms with Crippen LogP contribution in [0.4, 0.5) is 0 Å². The van der Waals surface area contributed by atoms with Crippen molar-refractivity contribution in [2.75, 3.05) is 39.5 Å². The number of pyridine rings is 1. The smallest absolute Gasteiger partial charge is 0.251 e. The van der Waals surface area contributed by atoms with Gasteiger partial charge in [-0.05, 0) is 74.7 Å². The van der Waals surface area contributed by atoms with E-state index in [4.69, 9.17) is 22.2 Å². The number of unbranched alkanes of at least 4 members (excludes halogenated alkanes) is 1. The van der Waals surface area contributed by atoms with Crippen LogP contribution in [0.5, 0.6) is 17.2 Å². The molecule has 2 aliphatic heterocycles. The van der Waals surface area contributed by atoms with Crippen molar-refractivity contribution in [2.24, 2.45) is 0 Å². The van der Waals surface area contributed by atoms with Crippen molar-refractivity contribution in [2.45, 2.75) is 58.7 Å². The van der Waals surface area contributed by atoms with Gasteiger partial charge in [0.05, 0.1) is 12.1 Å². The molecule has 0 unspecified atom stereocenters. The first kappa shape index (κ1) is 26.6. The third kappa shape index (κ3) is 6.19. The molecule has 0 N–H and O–H groups in total. The van der Waals surface area contributed by atoms with Crippen molar-refractivity contribution >= 4 is 18.9 Å². The van der Waals surface area contributed by atoms with Gasteiger partial charge < -0.3 is 28.5 Å². The molecule has 8 heteroatoms. The molecular weight excluding hydrogens is 477 g/mol. The zero-order chi connectivity index (χ0) is 26.5. The highest BCUT2D eigenvalue weighted by molar-refractivity contribution is 6.04. The number of aromatic nitrogens is 1. The molecule has 3 aromatic rings. The van der Waals surface area contributed by atoms with Crippen LogP contribution in [0.2, 0.25) is 0 Å². The Hall–Kier alpha value is -2.97. The van der Waals surface area contributed by atoms with Gasteiger partial charge in [0.15, 0.2) is 19.5 Å². The highest BCUT2D eigenvalue weighted by Crippen LogP contribution is 2.31. The second-order valence-corrected chi connectivity index (χ2v) is 10.4. The van der Waals surface area contributed by atoms with Gasteiger partial charge in [0, 0.05) is 43.2 Å². The summed E-state index contributed by atoms with van der Waals surface area (Å²) in [5, 5.41) is 1.10.